The highest BCUT2D eigenvalue weighted by molar-refractivity contribution is 7.81. The summed E-state index contributed by atoms with van der Waals surface area (Å²) in [6, 6.07) is 1.69. The van der Waals surface area contributed by atoms with Gasteiger partial charge in [0, 0.05) is 24.3 Å². The Morgan fingerprint density at radius 1 is 1.44 bits per heavy atom. The first-order valence-electron chi connectivity index (χ1n) is 4.62. The summed E-state index contributed by atoms with van der Waals surface area (Å²) in [7, 11) is 0. The van der Waals surface area contributed by atoms with E-state index >= 15 is 0 Å². The van der Waals surface area contributed by atoms with Gasteiger partial charge in [-0.2, -0.15) is 12.6 Å². The van der Waals surface area contributed by atoms with Crippen molar-refractivity contribution < 1.29 is 13.6 Å². The van der Waals surface area contributed by atoms with Crippen LogP contribution >= 0.6 is 24.2 Å². The highest BCUT2D eigenvalue weighted by Crippen LogP contribution is 2.33. The fourth-order valence-electron chi connectivity index (χ4n) is 1.70. The zero-order valence-corrected chi connectivity index (χ0v) is 9.73. The van der Waals surface area contributed by atoms with Gasteiger partial charge in [-0.3, -0.25) is 4.79 Å². The third kappa shape index (κ3) is 2.01. The number of halogens is 3. The second kappa shape index (κ2) is 4.22. The van der Waals surface area contributed by atoms with Crippen molar-refractivity contribution in [1.29, 1.82) is 0 Å². The number of carbonyl (C=O) groups excluding carboxylic acids is 1. The van der Waals surface area contributed by atoms with Gasteiger partial charge in [0.15, 0.2) is 5.82 Å². The van der Waals surface area contributed by atoms with Gasteiger partial charge in [-0.05, 0) is 6.07 Å². The molecule has 1 amide bonds. The summed E-state index contributed by atoms with van der Waals surface area (Å²) in [4.78, 5) is 12.7. The van der Waals surface area contributed by atoms with E-state index in [1.165, 1.54) is 4.90 Å². The summed E-state index contributed by atoms with van der Waals surface area (Å²) < 4.78 is 26.3. The Balaban J connectivity index is 2.44. The molecule has 1 aliphatic heterocycles. The minimum Gasteiger partial charge on any atom is -0.307 e. The van der Waals surface area contributed by atoms with E-state index in [0.29, 0.717) is 6.07 Å². The van der Waals surface area contributed by atoms with E-state index in [1.54, 1.807) is 0 Å². The van der Waals surface area contributed by atoms with E-state index in [0.717, 1.165) is 6.07 Å². The van der Waals surface area contributed by atoms with Gasteiger partial charge in [0.2, 0.25) is 5.91 Å². The molecule has 0 spiro atoms. The maximum Gasteiger partial charge on any atom is 0.228 e. The van der Waals surface area contributed by atoms with Crippen molar-refractivity contribution in [3.05, 3.63) is 28.8 Å². The molecule has 1 aromatic carbocycles. The van der Waals surface area contributed by atoms with Crippen molar-refractivity contribution in [2.45, 2.75) is 11.7 Å². The minimum absolute atomic E-state index is 0.0652. The number of benzene rings is 1. The Labute approximate surface area is 102 Å². The lowest BCUT2D eigenvalue weighted by Crippen LogP contribution is -2.26. The van der Waals surface area contributed by atoms with Crippen LogP contribution in [-0.4, -0.2) is 17.7 Å². The molecule has 1 aliphatic rings. The van der Waals surface area contributed by atoms with Gasteiger partial charge in [0.1, 0.15) is 5.82 Å². The molecule has 0 N–H and O–H groups in total. The van der Waals surface area contributed by atoms with Crippen LogP contribution in [0.2, 0.25) is 5.02 Å². The second-order valence-electron chi connectivity index (χ2n) is 3.58. The van der Waals surface area contributed by atoms with Gasteiger partial charge in [0.05, 0.1) is 10.7 Å². The average molecular weight is 264 g/mol. The highest BCUT2D eigenvalue weighted by Gasteiger charge is 2.31. The number of hydrogen-bond donors (Lipinski definition) is 1. The summed E-state index contributed by atoms with van der Waals surface area (Å²) in [6.45, 7) is 0.282. The van der Waals surface area contributed by atoms with Crippen LogP contribution in [0.4, 0.5) is 14.5 Å². The van der Waals surface area contributed by atoms with Gasteiger partial charge in [-0.15, -0.1) is 0 Å². The first kappa shape index (κ1) is 11.7. The molecule has 0 aliphatic carbocycles. The monoisotopic (exact) mass is 263 g/mol. The Morgan fingerprint density at radius 2 is 2.12 bits per heavy atom. The molecule has 1 atom stereocenters. The molecule has 86 valence electrons. The van der Waals surface area contributed by atoms with Crippen LogP contribution in [0.1, 0.15) is 6.42 Å². The molecule has 0 saturated carbocycles. The number of thiol groups is 1. The van der Waals surface area contributed by atoms with Crippen molar-refractivity contribution in [3.8, 4) is 0 Å². The third-order valence-corrected chi connectivity index (χ3v) is 2.99. The van der Waals surface area contributed by atoms with Crippen LogP contribution in [-0.2, 0) is 4.79 Å². The zero-order valence-electron chi connectivity index (χ0n) is 8.08. The molecule has 16 heavy (non-hydrogen) atoms. The van der Waals surface area contributed by atoms with Crippen molar-refractivity contribution in [1.82, 2.24) is 0 Å². The summed E-state index contributed by atoms with van der Waals surface area (Å²) in [5.41, 5.74) is -0.0652. The number of amides is 1. The minimum atomic E-state index is -0.833. The van der Waals surface area contributed by atoms with Crippen LogP contribution in [0.3, 0.4) is 0 Å². The summed E-state index contributed by atoms with van der Waals surface area (Å²) in [5.74, 6) is -1.85. The van der Waals surface area contributed by atoms with Crippen molar-refractivity contribution >= 4 is 35.8 Å². The van der Waals surface area contributed by atoms with E-state index in [-0.39, 0.29) is 34.8 Å². The Kier molecular flexibility index (Phi) is 3.08. The smallest absolute Gasteiger partial charge is 0.228 e. The first-order valence-corrected chi connectivity index (χ1v) is 5.51. The molecule has 1 aromatic rings. The highest BCUT2D eigenvalue weighted by atomic mass is 35.5. The molecule has 6 heteroatoms. The molecule has 1 saturated heterocycles. The third-order valence-electron chi connectivity index (χ3n) is 2.36. The van der Waals surface area contributed by atoms with Gasteiger partial charge in [0.25, 0.3) is 0 Å². The number of nitrogens with zero attached hydrogens (tertiary/aromatic N) is 1. The zero-order chi connectivity index (χ0) is 11.9. The van der Waals surface area contributed by atoms with E-state index < -0.39 is 11.6 Å². The van der Waals surface area contributed by atoms with Gasteiger partial charge >= 0.3 is 0 Å². The number of hydrogen-bond acceptors (Lipinski definition) is 2. The lowest BCUT2D eigenvalue weighted by Gasteiger charge is -2.18. The Morgan fingerprint density at radius 3 is 2.62 bits per heavy atom. The molecule has 1 unspecified atom stereocenters. The first-order chi connectivity index (χ1) is 7.49. The van der Waals surface area contributed by atoms with Gasteiger partial charge in [-0.25, -0.2) is 8.78 Å². The van der Waals surface area contributed by atoms with Gasteiger partial charge in [-0.1, -0.05) is 11.6 Å². The fourth-order valence-corrected chi connectivity index (χ4v) is 2.31. The summed E-state index contributed by atoms with van der Waals surface area (Å²) in [6.07, 6.45) is 0.232. The van der Waals surface area contributed by atoms with E-state index in [4.69, 9.17) is 11.6 Å². The normalized spacial score (nSPS) is 20.6. The van der Waals surface area contributed by atoms with Crippen LogP contribution in [0, 0.1) is 11.6 Å². The Bertz CT molecular complexity index is 431. The quantitative estimate of drug-likeness (QED) is 0.773. The maximum atomic E-state index is 13.5. The molecular formula is C10H8ClF2NOS. The molecule has 1 heterocycles. The van der Waals surface area contributed by atoms with Crippen LogP contribution < -0.4 is 4.90 Å². The van der Waals surface area contributed by atoms with E-state index in [2.05, 4.69) is 12.6 Å². The van der Waals surface area contributed by atoms with Crippen LogP contribution in [0.25, 0.3) is 0 Å². The summed E-state index contributed by atoms with van der Waals surface area (Å²) >= 11 is 9.88. The number of anilines is 1. The van der Waals surface area contributed by atoms with E-state index in [9.17, 15) is 13.6 Å². The molecule has 0 aromatic heterocycles. The van der Waals surface area contributed by atoms with Crippen LogP contribution in [0.15, 0.2) is 12.1 Å². The number of rotatable bonds is 1. The lowest BCUT2D eigenvalue weighted by atomic mass is 10.2. The van der Waals surface area contributed by atoms with Crippen molar-refractivity contribution in [2.24, 2.45) is 0 Å². The second-order valence-corrected chi connectivity index (χ2v) is 4.72. The van der Waals surface area contributed by atoms with E-state index in [1.807, 2.05) is 0 Å². The summed E-state index contributed by atoms with van der Waals surface area (Å²) in [5, 5.41) is -0.249. The molecule has 1 fully saturated rings. The molecular weight excluding hydrogens is 256 g/mol. The van der Waals surface area contributed by atoms with Crippen molar-refractivity contribution in [3.63, 3.8) is 0 Å². The molecule has 0 bridgehead atoms. The van der Waals surface area contributed by atoms with Gasteiger partial charge < -0.3 is 4.90 Å². The average Bonchev–Trinajstić information content (AvgIpc) is 2.43. The lowest BCUT2D eigenvalue weighted by molar-refractivity contribution is -0.117. The van der Waals surface area contributed by atoms with Crippen LogP contribution in [0.5, 0.6) is 0 Å². The standard InChI is InChI=1S/C10H8ClF2NOS/c11-7-1-5(12)2-8(13)10(7)14-4-6(16)3-9(14)15/h1-2,6,16H,3-4H2. The molecule has 2 nitrogen and oxygen atoms in total. The largest absolute Gasteiger partial charge is 0.307 e. The molecule has 0 radical (unpaired) electrons. The maximum absolute atomic E-state index is 13.5. The predicted octanol–water partition coefficient (Wildman–Crippen LogP) is 2.65. The topological polar surface area (TPSA) is 20.3 Å². The fraction of sp³-hybridized carbons (Fsp3) is 0.300. The SMILES string of the molecule is O=C1CC(S)CN1c1c(F)cc(F)cc1Cl. The van der Waals surface area contributed by atoms with Crippen molar-refractivity contribution in [2.75, 3.05) is 11.4 Å². The molecule has 2 rings (SSSR count). The Hall–Kier alpha value is -0.810. The number of carbonyl (C=O) groups is 1. The predicted molar refractivity (Wildman–Crippen MR) is 61.1 cm³/mol.